The number of anilines is 1. The zero-order chi connectivity index (χ0) is 22.7. The van der Waals surface area contributed by atoms with Crippen molar-refractivity contribution in [3.05, 3.63) is 58.4 Å². The molecule has 3 amide bonds. The molecule has 4 rings (SSSR count). The first-order valence-electron chi connectivity index (χ1n) is 10.6. The normalized spacial score (nSPS) is 14.4. The maximum Gasteiger partial charge on any atom is 0.279 e. The second kappa shape index (κ2) is 9.33. The number of hydrogen-bond donors (Lipinski definition) is 0. The lowest BCUT2D eigenvalue weighted by Crippen LogP contribution is -2.28. The number of aromatic nitrogens is 1. The third kappa shape index (κ3) is 4.27. The lowest BCUT2D eigenvalue weighted by Gasteiger charge is -2.14. The molecule has 0 N–H and O–H groups in total. The maximum atomic E-state index is 13.0. The Balaban J connectivity index is 1.72. The molecule has 1 aliphatic heterocycles. The van der Waals surface area contributed by atoms with Gasteiger partial charge in [0.15, 0.2) is 4.80 Å². The lowest BCUT2D eigenvalue weighted by atomic mass is 10.1. The molecule has 6 nitrogen and oxygen atoms in total. The molecule has 162 valence electrons. The second-order valence-electron chi connectivity index (χ2n) is 7.67. The van der Waals surface area contributed by atoms with Crippen LogP contribution in [0.4, 0.5) is 5.69 Å². The zero-order valence-corrected chi connectivity index (χ0v) is 18.7. The highest BCUT2D eigenvalue weighted by Crippen LogP contribution is 2.24. The predicted octanol–water partition coefficient (Wildman–Crippen LogP) is 4.07. The molecule has 2 aromatic carbocycles. The van der Waals surface area contributed by atoms with Gasteiger partial charge in [0.05, 0.1) is 22.4 Å². The molecule has 0 saturated carbocycles. The average Bonchev–Trinajstić information content (AvgIpc) is 3.31. The van der Waals surface area contributed by atoms with Gasteiger partial charge < -0.3 is 4.57 Å². The number of hydrogen-bond acceptors (Lipinski definition) is 4. The highest BCUT2D eigenvalue weighted by atomic mass is 32.1. The van der Waals surface area contributed by atoms with Crippen molar-refractivity contribution in [3.63, 3.8) is 0 Å². The summed E-state index contributed by atoms with van der Waals surface area (Å²) in [7, 11) is 0. The van der Waals surface area contributed by atoms with E-state index in [1.807, 2.05) is 10.6 Å². The molecule has 1 aromatic heterocycles. The SMILES string of the molecule is C#CCn1c(=NC(=O)c2cccc(N3C(=O)CCC3=O)c2)sc2cc(CCCC)ccc21. The molecule has 0 aliphatic carbocycles. The van der Waals surface area contributed by atoms with Crippen molar-refractivity contribution in [2.45, 2.75) is 45.6 Å². The van der Waals surface area contributed by atoms with Crippen LogP contribution in [0.2, 0.25) is 0 Å². The van der Waals surface area contributed by atoms with Gasteiger partial charge in [0.25, 0.3) is 5.91 Å². The number of benzene rings is 2. The Bertz CT molecular complexity index is 1310. The number of nitrogens with zero attached hydrogens (tertiary/aromatic N) is 3. The van der Waals surface area contributed by atoms with Crippen LogP contribution in [0.15, 0.2) is 47.5 Å². The molecule has 0 atom stereocenters. The molecule has 1 fully saturated rings. The van der Waals surface area contributed by atoms with E-state index in [9.17, 15) is 14.4 Å². The maximum absolute atomic E-state index is 13.0. The number of carbonyl (C=O) groups is 3. The molecule has 32 heavy (non-hydrogen) atoms. The van der Waals surface area contributed by atoms with E-state index in [2.05, 4.69) is 30.0 Å². The third-order valence-corrected chi connectivity index (χ3v) is 6.46. The smallest absolute Gasteiger partial charge is 0.279 e. The molecule has 0 unspecified atom stereocenters. The summed E-state index contributed by atoms with van der Waals surface area (Å²) in [5.41, 5.74) is 2.90. The zero-order valence-electron chi connectivity index (χ0n) is 17.8. The molecular formula is C25H23N3O3S. The number of imide groups is 1. The molecule has 0 spiro atoms. The van der Waals surface area contributed by atoms with E-state index in [4.69, 9.17) is 6.42 Å². The van der Waals surface area contributed by atoms with Crippen molar-refractivity contribution >= 4 is 45.0 Å². The molecule has 0 radical (unpaired) electrons. The number of aryl methyl sites for hydroxylation is 1. The third-order valence-electron chi connectivity index (χ3n) is 5.42. The Morgan fingerprint density at radius 3 is 2.66 bits per heavy atom. The minimum atomic E-state index is -0.450. The summed E-state index contributed by atoms with van der Waals surface area (Å²) < 4.78 is 2.89. The van der Waals surface area contributed by atoms with Crippen molar-refractivity contribution in [2.24, 2.45) is 4.99 Å². The Morgan fingerprint density at radius 2 is 1.94 bits per heavy atom. The van der Waals surface area contributed by atoms with Gasteiger partial charge in [0, 0.05) is 18.4 Å². The quantitative estimate of drug-likeness (QED) is 0.424. The Hall–Kier alpha value is -3.50. The standard InChI is InChI=1S/C25H23N3O3S/c1-3-5-7-17-10-11-20-21(15-17)32-25(27(20)14-4-2)26-24(31)18-8-6-9-19(16-18)28-22(29)12-13-23(28)30/h2,6,8-11,15-16H,3,5,7,12-14H2,1H3. The van der Waals surface area contributed by atoms with Crippen LogP contribution in [0, 0.1) is 12.3 Å². The van der Waals surface area contributed by atoms with Crippen LogP contribution in [0.1, 0.15) is 48.5 Å². The van der Waals surface area contributed by atoms with Crippen molar-refractivity contribution in [1.82, 2.24) is 4.57 Å². The van der Waals surface area contributed by atoms with Gasteiger partial charge in [-0.1, -0.05) is 42.7 Å². The van der Waals surface area contributed by atoms with Gasteiger partial charge in [0.1, 0.15) is 0 Å². The van der Waals surface area contributed by atoms with Crippen LogP contribution in [-0.2, 0) is 22.6 Å². The number of fused-ring (bicyclic) bond motifs is 1. The van der Waals surface area contributed by atoms with Crippen LogP contribution in [0.25, 0.3) is 10.2 Å². The lowest BCUT2D eigenvalue weighted by molar-refractivity contribution is -0.121. The first-order chi connectivity index (χ1) is 15.5. The van der Waals surface area contributed by atoms with Crippen LogP contribution in [0.3, 0.4) is 0 Å². The Kier molecular flexibility index (Phi) is 6.33. The predicted molar refractivity (Wildman–Crippen MR) is 125 cm³/mol. The highest BCUT2D eigenvalue weighted by molar-refractivity contribution is 7.16. The second-order valence-corrected chi connectivity index (χ2v) is 8.68. The first-order valence-corrected chi connectivity index (χ1v) is 11.4. The van der Waals surface area contributed by atoms with Crippen LogP contribution < -0.4 is 9.70 Å². The van der Waals surface area contributed by atoms with Gasteiger partial charge in [-0.25, -0.2) is 0 Å². The minimum Gasteiger partial charge on any atom is -0.305 e. The molecule has 1 aliphatic rings. The Labute approximate surface area is 190 Å². The van der Waals surface area contributed by atoms with E-state index < -0.39 is 5.91 Å². The van der Waals surface area contributed by atoms with Gasteiger partial charge in [-0.15, -0.1) is 6.42 Å². The number of thiazole rings is 1. The number of rotatable bonds is 6. The first kappa shape index (κ1) is 21.7. The van der Waals surface area contributed by atoms with Crippen LogP contribution in [0.5, 0.6) is 0 Å². The van der Waals surface area contributed by atoms with Gasteiger partial charge in [-0.05, 0) is 48.7 Å². The molecule has 3 aromatic rings. The fourth-order valence-corrected chi connectivity index (χ4v) is 4.87. The number of carbonyl (C=O) groups excluding carboxylic acids is 3. The highest BCUT2D eigenvalue weighted by Gasteiger charge is 2.30. The summed E-state index contributed by atoms with van der Waals surface area (Å²) in [5.74, 6) is 1.67. The fraction of sp³-hybridized carbons (Fsp3) is 0.280. The topological polar surface area (TPSA) is 71.7 Å². The fourth-order valence-electron chi connectivity index (χ4n) is 3.78. The summed E-state index contributed by atoms with van der Waals surface area (Å²) >= 11 is 1.43. The number of amides is 3. The van der Waals surface area contributed by atoms with Crippen LogP contribution >= 0.6 is 11.3 Å². The Morgan fingerprint density at radius 1 is 1.16 bits per heavy atom. The van der Waals surface area contributed by atoms with Crippen molar-refractivity contribution < 1.29 is 14.4 Å². The van der Waals surface area contributed by atoms with Gasteiger partial charge in [0.2, 0.25) is 11.8 Å². The van der Waals surface area contributed by atoms with Gasteiger partial charge in [-0.3, -0.25) is 19.3 Å². The number of terminal acetylenes is 1. The van der Waals surface area contributed by atoms with E-state index in [1.165, 1.54) is 23.0 Å². The van der Waals surface area contributed by atoms with Gasteiger partial charge in [-0.2, -0.15) is 4.99 Å². The van der Waals surface area contributed by atoms with Crippen LogP contribution in [-0.4, -0.2) is 22.3 Å². The minimum absolute atomic E-state index is 0.190. The van der Waals surface area contributed by atoms with E-state index in [0.29, 0.717) is 22.6 Å². The summed E-state index contributed by atoms with van der Waals surface area (Å²) in [6.07, 6.45) is 9.20. The van der Waals surface area contributed by atoms with E-state index in [1.54, 1.807) is 18.2 Å². The monoisotopic (exact) mass is 445 g/mol. The molecule has 1 saturated heterocycles. The van der Waals surface area contributed by atoms with Crippen molar-refractivity contribution in [1.29, 1.82) is 0 Å². The summed E-state index contributed by atoms with van der Waals surface area (Å²) in [6.45, 7) is 2.47. The van der Waals surface area contributed by atoms with E-state index in [-0.39, 0.29) is 24.7 Å². The molecular weight excluding hydrogens is 422 g/mol. The molecule has 2 heterocycles. The average molecular weight is 446 g/mol. The van der Waals surface area contributed by atoms with Gasteiger partial charge >= 0.3 is 0 Å². The number of unbranched alkanes of at least 4 members (excludes halogenated alkanes) is 1. The van der Waals surface area contributed by atoms with Crippen molar-refractivity contribution in [2.75, 3.05) is 4.90 Å². The molecule has 7 heteroatoms. The molecule has 0 bridgehead atoms. The van der Waals surface area contributed by atoms with Crippen molar-refractivity contribution in [3.8, 4) is 12.3 Å². The summed E-state index contributed by atoms with van der Waals surface area (Å²) in [6, 6.07) is 12.7. The largest absolute Gasteiger partial charge is 0.305 e. The van der Waals surface area contributed by atoms with E-state index in [0.717, 1.165) is 34.4 Å². The summed E-state index contributed by atoms with van der Waals surface area (Å²) in [5, 5.41) is 0. The van der Waals surface area contributed by atoms with E-state index >= 15 is 0 Å². The summed E-state index contributed by atoms with van der Waals surface area (Å²) in [4.78, 5) is 43.1.